The molecule has 3 rings (SSSR count). The van der Waals surface area contributed by atoms with E-state index in [1.807, 2.05) is 6.92 Å². The molecule has 0 aromatic heterocycles. The summed E-state index contributed by atoms with van der Waals surface area (Å²) in [5.41, 5.74) is -0.500. The second-order valence-electron chi connectivity index (χ2n) is 7.21. The van der Waals surface area contributed by atoms with Crippen molar-refractivity contribution in [3.8, 4) is 11.5 Å². The van der Waals surface area contributed by atoms with Crippen LogP contribution in [0.5, 0.6) is 11.5 Å². The number of benzene rings is 2. The highest BCUT2D eigenvalue weighted by Crippen LogP contribution is 2.42. The molecule has 0 bridgehead atoms. The summed E-state index contributed by atoms with van der Waals surface area (Å²) in [5, 5.41) is 0. The summed E-state index contributed by atoms with van der Waals surface area (Å²) < 4.78 is 87.7. The Balaban J connectivity index is 1.96. The minimum atomic E-state index is -4.18. The number of hydrogen-bond acceptors (Lipinski definition) is 3. The van der Waals surface area contributed by atoms with Crippen molar-refractivity contribution >= 4 is 0 Å². The predicted octanol–water partition coefficient (Wildman–Crippen LogP) is 6.88. The van der Waals surface area contributed by atoms with E-state index in [0.29, 0.717) is 0 Å². The van der Waals surface area contributed by atoms with Crippen LogP contribution in [0.1, 0.15) is 30.0 Å². The Bertz CT molecular complexity index is 1090. The smallest absolute Gasteiger partial charge is 0.429 e. The molecule has 0 saturated heterocycles. The van der Waals surface area contributed by atoms with Crippen LogP contribution in [0.25, 0.3) is 0 Å². The first kappa shape index (κ1) is 23.4. The first-order chi connectivity index (χ1) is 15.1. The number of allylic oxidation sites excluding steroid dienone is 2. The molecule has 8 heteroatoms. The zero-order valence-corrected chi connectivity index (χ0v) is 17.5. The Morgan fingerprint density at radius 1 is 1.16 bits per heavy atom. The minimum absolute atomic E-state index is 0.0147. The largest absolute Gasteiger partial charge is 0.494 e. The maximum Gasteiger partial charge on any atom is 0.429 e. The first-order valence-electron chi connectivity index (χ1n) is 9.75. The Morgan fingerprint density at radius 2 is 1.81 bits per heavy atom. The van der Waals surface area contributed by atoms with Gasteiger partial charge in [-0.2, -0.15) is 17.6 Å². The normalized spacial score (nSPS) is 15.0. The van der Waals surface area contributed by atoms with E-state index in [1.165, 1.54) is 12.1 Å². The van der Waals surface area contributed by atoms with Gasteiger partial charge in [-0.05, 0) is 35.8 Å². The van der Waals surface area contributed by atoms with Crippen molar-refractivity contribution in [2.45, 2.75) is 32.3 Å². The zero-order valence-electron chi connectivity index (χ0n) is 17.5. The average Bonchev–Trinajstić information content (AvgIpc) is 2.76. The van der Waals surface area contributed by atoms with Crippen LogP contribution in [0.4, 0.5) is 22.0 Å². The Labute approximate surface area is 182 Å². The van der Waals surface area contributed by atoms with Gasteiger partial charge in [0.05, 0.1) is 7.11 Å². The number of fused-ring (bicyclic) bond motifs is 1. The summed E-state index contributed by atoms with van der Waals surface area (Å²) >= 11 is 0. The van der Waals surface area contributed by atoms with Crippen LogP contribution in [0.3, 0.4) is 0 Å². The van der Waals surface area contributed by atoms with E-state index in [9.17, 15) is 22.0 Å². The van der Waals surface area contributed by atoms with Gasteiger partial charge in [-0.1, -0.05) is 38.6 Å². The summed E-state index contributed by atoms with van der Waals surface area (Å²) in [5.74, 6) is -6.47. The second kappa shape index (κ2) is 9.06. The number of alkyl halides is 2. The van der Waals surface area contributed by atoms with Crippen LogP contribution in [-0.4, -0.2) is 7.11 Å². The van der Waals surface area contributed by atoms with Crippen LogP contribution in [0.2, 0.25) is 0 Å². The lowest BCUT2D eigenvalue weighted by molar-refractivity contribution is -0.187. The molecule has 0 amide bonds. The van der Waals surface area contributed by atoms with Gasteiger partial charge in [0.25, 0.3) is 0 Å². The molecular weight excluding hydrogens is 431 g/mol. The highest BCUT2D eigenvalue weighted by Gasteiger charge is 2.42. The van der Waals surface area contributed by atoms with Crippen molar-refractivity contribution in [2.24, 2.45) is 0 Å². The molecule has 32 heavy (non-hydrogen) atoms. The fraction of sp³-hybridized carbons (Fsp3) is 0.250. The van der Waals surface area contributed by atoms with Crippen molar-refractivity contribution in [1.29, 1.82) is 0 Å². The average molecular weight is 452 g/mol. The lowest BCUT2D eigenvalue weighted by Gasteiger charge is -2.26. The Morgan fingerprint density at radius 3 is 2.41 bits per heavy atom. The number of rotatable bonds is 7. The molecule has 0 unspecified atom stereocenters. The molecule has 0 aliphatic carbocycles. The lowest BCUT2D eigenvalue weighted by atomic mass is 9.97. The summed E-state index contributed by atoms with van der Waals surface area (Å²) in [6.45, 7) is 8.91. The molecule has 170 valence electrons. The van der Waals surface area contributed by atoms with Gasteiger partial charge in [0, 0.05) is 12.0 Å². The highest BCUT2D eigenvalue weighted by molar-refractivity contribution is 5.51. The van der Waals surface area contributed by atoms with Crippen LogP contribution in [-0.2, 0) is 23.7 Å². The molecule has 3 nitrogen and oxygen atoms in total. The summed E-state index contributed by atoms with van der Waals surface area (Å²) in [4.78, 5) is 0. The molecule has 2 aromatic carbocycles. The van der Waals surface area contributed by atoms with Crippen LogP contribution >= 0.6 is 0 Å². The van der Waals surface area contributed by atoms with Crippen LogP contribution in [0.15, 0.2) is 66.4 Å². The third kappa shape index (κ3) is 4.49. The zero-order chi connectivity index (χ0) is 23.6. The van der Waals surface area contributed by atoms with E-state index in [0.717, 1.165) is 31.6 Å². The van der Waals surface area contributed by atoms with Crippen molar-refractivity contribution < 1.29 is 36.2 Å². The topological polar surface area (TPSA) is 27.7 Å². The Kier molecular flexibility index (Phi) is 6.62. The van der Waals surface area contributed by atoms with E-state index in [2.05, 4.69) is 22.6 Å². The van der Waals surface area contributed by atoms with Crippen molar-refractivity contribution in [3.05, 3.63) is 94.7 Å². The monoisotopic (exact) mass is 452 g/mol. The number of methoxy groups -OCH3 is 1. The first-order valence-corrected chi connectivity index (χ1v) is 9.75. The van der Waals surface area contributed by atoms with Gasteiger partial charge >= 0.3 is 6.11 Å². The molecule has 0 atom stereocenters. The maximum absolute atomic E-state index is 14.8. The molecule has 0 spiro atoms. The molecular formula is C24H21F5O3. The van der Waals surface area contributed by atoms with Gasteiger partial charge in [-0.25, -0.2) is 4.39 Å². The van der Waals surface area contributed by atoms with Gasteiger partial charge < -0.3 is 14.2 Å². The molecule has 1 heterocycles. The highest BCUT2D eigenvalue weighted by atomic mass is 19.3. The minimum Gasteiger partial charge on any atom is -0.494 e. The number of aryl methyl sites for hydroxylation is 1. The third-order valence-electron chi connectivity index (χ3n) is 4.88. The summed E-state index contributed by atoms with van der Waals surface area (Å²) in [7, 11) is 1.16. The van der Waals surface area contributed by atoms with Crippen molar-refractivity contribution in [1.82, 2.24) is 0 Å². The van der Waals surface area contributed by atoms with Gasteiger partial charge in [0.15, 0.2) is 23.1 Å². The molecule has 1 aliphatic rings. The van der Waals surface area contributed by atoms with E-state index in [4.69, 9.17) is 4.74 Å². The molecule has 0 fully saturated rings. The predicted molar refractivity (Wildman–Crippen MR) is 109 cm³/mol. The van der Waals surface area contributed by atoms with Gasteiger partial charge in [0.1, 0.15) is 11.3 Å². The number of ether oxygens (including phenoxy) is 3. The lowest BCUT2D eigenvalue weighted by Crippen LogP contribution is -2.25. The molecule has 0 saturated carbocycles. The number of halogens is 5. The van der Waals surface area contributed by atoms with E-state index in [1.54, 1.807) is 12.1 Å². The summed E-state index contributed by atoms with van der Waals surface area (Å²) in [6, 6.07) is 6.63. The maximum atomic E-state index is 14.8. The standard InChI is InChI=1S/C24H21F5O3/c1-5-6-15-7-9-17(10-8-15)32-24(28,29)18-12-16-11-13(2)22(19(25)14(3)30-4)31-23(16)21(27)20(18)26/h7-10,12H,2-3,5-6,11H2,1,4H3/b22-19-. The third-order valence-corrected chi connectivity index (χ3v) is 4.88. The van der Waals surface area contributed by atoms with Crippen LogP contribution < -0.4 is 9.47 Å². The van der Waals surface area contributed by atoms with Crippen LogP contribution in [0, 0.1) is 11.6 Å². The van der Waals surface area contributed by atoms with Gasteiger partial charge in [-0.3, -0.25) is 0 Å². The Hall–Kier alpha value is -3.29. The fourth-order valence-corrected chi connectivity index (χ4v) is 3.23. The fourth-order valence-electron chi connectivity index (χ4n) is 3.23. The van der Waals surface area contributed by atoms with Crippen molar-refractivity contribution in [3.63, 3.8) is 0 Å². The second-order valence-corrected chi connectivity index (χ2v) is 7.21. The molecule has 1 aliphatic heterocycles. The molecule has 0 N–H and O–H groups in total. The SMILES string of the molecule is C=C(OC)/C(F)=C1/Oc2c(cc(C(F)(F)Oc3ccc(CCC)cc3)c(F)c2F)CC1=C. The molecule has 0 radical (unpaired) electrons. The van der Waals surface area contributed by atoms with E-state index >= 15 is 0 Å². The summed E-state index contributed by atoms with van der Waals surface area (Å²) in [6.07, 6.45) is -2.80. The quantitative estimate of drug-likeness (QED) is 0.339. The number of hydrogen-bond donors (Lipinski definition) is 0. The van der Waals surface area contributed by atoms with E-state index < -0.39 is 46.4 Å². The molecule has 2 aromatic rings. The van der Waals surface area contributed by atoms with Gasteiger partial charge in [0.2, 0.25) is 11.6 Å². The van der Waals surface area contributed by atoms with Gasteiger partial charge in [-0.15, -0.1) is 0 Å². The van der Waals surface area contributed by atoms with E-state index in [-0.39, 0.29) is 23.3 Å². The van der Waals surface area contributed by atoms with Crippen molar-refractivity contribution in [2.75, 3.05) is 7.11 Å².